The third-order valence-electron chi connectivity index (χ3n) is 8.86. The Bertz CT molecular complexity index is 1600. The van der Waals surface area contributed by atoms with Crippen LogP contribution in [-0.2, 0) is 9.53 Å². The number of aliphatic hydroxyl groups excluding tert-OH is 1. The molecule has 1 N–H and O–H groups in total. The molecule has 1 unspecified atom stereocenters. The normalized spacial score (nSPS) is 25.1. The van der Waals surface area contributed by atoms with Gasteiger partial charge in [-0.15, -0.1) is 0 Å². The molecule has 212 valence electrons. The smallest absolute Gasteiger partial charge is 0.387 e. The maximum Gasteiger partial charge on any atom is 0.387 e. The summed E-state index contributed by atoms with van der Waals surface area (Å²) in [4.78, 5) is 28.4. The number of pyridine rings is 1. The number of piperidine rings is 1. The number of anilines is 1. The fourth-order valence-corrected chi connectivity index (χ4v) is 7.08. The number of aliphatic hydroxyl groups is 1. The maximum atomic E-state index is 13.1. The van der Waals surface area contributed by atoms with E-state index in [0.29, 0.717) is 29.3 Å². The molecular formula is C30H29F2N5O4. The number of rotatable bonds is 6. The zero-order valence-electron chi connectivity index (χ0n) is 22.4. The molecule has 11 heteroatoms. The summed E-state index contributed by atoms with van der Waals surface area (Å²) in [6.45, 7) is -1.50. The molecule has 2 fully saturated rings. The van der Waals surface area contributed by atoms with Crippen molar-refractivity contribution >= 4 is 17.6 Å². The summed E-state index contributed by atoms with van der Waals surface area (Å²) < 4.78 is 38.0. The minimum Gasteiger partial charge on any atom is -0.469 e. The third kappa shape index (κ3) is 4.39. The first-order valence-corrected chi connectivity index (χ1v) is 13.8. The van der Waals surface area contributed by atoms with Gasteiger partial charge in [0.2, 0.25) is 5.95 Å². The molecular weight excluding hydrogens is 532 g/mol. The fourth-order valence-electron chi connectivity index (χ4n) is 7.08. The highest BCUT2D eigenvalue weighted by molar-refractivity contribution is 5.74. The monoisotopic (exact) mass is 561 g/mol. The van der Waals surface area contributed by atoms with E-state index in [9.17, 15) is 18.7 Å². The molecule has 3 aromatic heterocycles. The summed E-state index contributed by atoms with van der Waals surface area (Å²) in [6.07, 6.45) is 6.99. The molecule has 5 atom stereocenters. The highest BCUT2D eigenvalue weighted by Gasteiger charge is 2.47. The Morgan fingerprint density at radius 1 is 1.05 bits per heavy atom. The Labute approximate surface area is 234 Å². The number of ether oxygens (including phenoxy) is 2. The van der Waals surface area contributed by atoms with Crippen LogP contribution in [0.1, 0.15) is 48.2 Å². The number of imidazole rings is 1. The van der Waals surface area contributed by atoms with Crippen molar-refractivity contribution < 1.29 is 28.2 Å². The van der Waals surface area contributed by atoms with E-state index in [1.165, 1.54) is 13.2 Å². The van der Waals surface area contributed by atoms with Crippen LogP contribution in [-0.4, -0.2) is 57.2 Å². The van der Waals surface area contributed by atoms with Crippen LogP contribution in [0.3, 0.4) is 0 Å². The van der Waals surface area contributed by atoms with E-state index in [2.05, 4.69) is 19.9 Å². The molecule has 41 heavy (non-hydrogen) atoms. The van der Waals surface area contributed by atoms with E-state index in [0.717, 1.165) is 42.8 Å². The van der Waals surface area contributed by atoms with Crippen LogP contribution in [0, 0.1) is 17.8 Å². The number of methoxy groups -OCH3 is 1. The van der Waals surface area contributed by atoms with Crippen LogP contribution in [0.4, 0.5) is 14.7 Å². The minimum absolute atomic E-state index is 0.0459. The first-order valence-electron chi connectivity index (χ1n) is 13.8. The van der Waals surface area contributed by atoms with Crippen molar-refractivity contribution in [1.29, 1.82) is 0 Å². The lowest BCUT2D eigenvalue weighted by Gasteiger charge is -2.36. The molecule has 1 saturated heterocycles. The van der Waals surface area contributed by atoms with Crippen molar-refractivity contribution in [2.75, 3.05) is 25.1 Å². The van der Waals surface area contributed by atoms with Crippen LogP contribution >= 0.6 is 0 Å². The van der Waals surface area contributed by atoms with Crippen molar-refractivity contribution in [2.24, 2.45) is 17.8 Å². The van der Waals surface area contributed by atoms with Crippen LogP contribution in [0.25, 0.3) is 16.8 Å². The van der Waals surface area contributed by atoms with Gasteiger partial charge in [-0.3, -0.25) is 4.79 Å². The SMILES string of the molecule is COC(=O)C1[C@@H]2CC[C@H]1CN(c1ncc(-c3ccc4nc5c(n4c3)[C@@H](c3ccccc3OC(F)F)C[C@H]5O)cn1)C2. The zero-order chi connectivity index (χ0) is 28.2. The zero-order valence-corrected chi connectivity index (χ0v) is 22.4. The number of hydrogen-bond donors (Lipinski definition) is 1. The molecule has 0 amide bonds. The first kappa shape index (κ1) is 25.8. The minimum atomic E-state index is -2.95. The lowest BCUT2D eigenvalue weighted by atomic mass is 9.85. The fraction of sp³-hybridized carbons (Fsp3) is 0.400. The molecule has 2 bridgehead atoms. The molecule has 1 saturated carbocycles. The van der Waals surface area contributed by atoms with E-state index < -0.39 is 12.7 Å². The molecule has 0 spiro atoms. The first-order chi connectivity index (χ1) is 19.9. The highest BCUT2D eigenvalue weighted by atomic mass is 19.3. The van der Waals surface area contributed by atoms with Gasteiger partial charge < -0.3 is 23.9 Å². The number of benzene rings is 1. The summed E-state index contributed by atoms with van der Waals surface area (Å²) in [5, 5.41) is 10.8. The molecule has 1 aliphatic heterocycles. The van der Waals surface area contributed by atoms with Gasteiger partial charge in [0.05, 0.1) is 30.5 Å². The number of carbonyl (C=O) groups is 1. The molecule has 9 nitrogen and oxygen atoms in total. The van der Waals surface area contributed by atoms with Gasteiger partial charge in [0.1, 0.15) is 11.4 Å². The Kier molecular flexibility index (Phi) is 6.33. The van der Waals surface area contributed by atoms with Crippen molar-refractivity contribution in [2.45, 2.75) is 37.9 Å². The van der Waals surface area contributed by atoms with Gasteiger partial charge in [-0.25, -0.2) is 15.0 Å². The van der Waals surface area contributed by atoms with E-state index >= 15 is 0 Å². The summed E-state index contributed by atoms with van der Waals surface area (Å²) in [6, 6.07) is 10.5. The van der Waals surface area contributed by atoms with Crippen LogP contribution in [0.2, 0.25) is 0 Å². The van der Waals surface area contributed by atoms with Gasteiger partial charge in [0.15, 0.2) is 0 Å². The quantitative estimate of drug-likeness (QED) is 0.341. The number of para-hydroxylation sites is 1. The lowest BCUT2D eigenvalue weighted by molar-refractivity contribution is -0.148. The largest absolute Gasteiger partial charge is 0.469 e. The van der Waals surface area contributed by atoms with Gasteiger partial charge in [0.25, 0.3) is 0 Å². The summed E-state index contributed by atoms with van der Waals surface area (Å²) in [5.41, 5.74) is 4.18. The average molecular weight is 562 g/mol. The third-order valence-corrected chi connectivity index (χ3v) is 8.86. The Morgan fingerprint density at radius 2 is 1.78 bits per heavy atom. The van der Waals surface area contributed by atoms with Crippen LogP contribution < -0.4 is 9.64 Å². The van der Waals surface area contributed by atoms with E-state index in [-0.39, 0.29) is 35.4 Å². The Balaban J connectivity index is 1.18. The number of aromatic nitrogens is 4. The van der Waals surface area contributed by atoms with E-state index in [1.54, 1.807) is 30.6 Å². The van der Waals surface area contributed by atoms with Gasteiger partial charge in [-0.05, 0) is 49.3 Å². The molecule has 3 aliphatic rings. The second kappa shape index (κ2) is 10.1. The second-order valence-corrected chi connectivity index (χ2v) is 11.1. The number of alkyl halides is 2. The Morgan fingerprint density at radius 3 is 2.49 bits per heavy atom. The van der Waals surface area contributed by atoms with E-state index in [1.807, 2.05) is 22.7 Å². The average Bonchev–Trinajstić information content (AvgIpc) is 3.60. The molecule has 4 aromatic rings. The standard InChI is InChI=1S/C30H29F2N5O4/c1-40-28(39)25-17-6-7-18(25)14-36(13-17)30-33-11-19(12-34-30)16-8-9-24-35-26-22(38)10-21(27(26)37(24)15-16)20-4-2-3-5-23(20)41-29(31)32/h2-5,8-9,11-12,15,17-18,21-22,25,29,38H,6-7,10,13-14H2,1H3/t17-,18+,21-,22-,25?/m1/s1. The second-order valence-electron chi connectivity index (χ2n) is 11.1. The summed E-state index contributed by atoms with van der Waals surface area (Å²) in [5.74, 6) is 0.681. The number of fused-ring (bicyclic) bond motifs is 5. The van der Waals surface area contributed by atoms with Gasteiger partial charge in [-0.1, -0.05) is 18.2 Å². The predicted octanol–water partition coefficient (Wildman–Crippen LogP) is 4.60. The lowest BCUT2D eigenvalue weighted by Crippen LogP contribution is -2.45. The number of nitrogens with zero attached hydrogens (tertiary/aromatic N) is 5. The molecule has 1 aromatic carbocycles. The maximum absolute atomic E-state index is 13.1. The molecule has 2 aliphatic carbocycles. The van der Waals surface area contributed by atoms with Gasteiger partial charge in [-0.2, -0.15) is 8.78 Å². The summed E-state index contributed by atoms with van der Waals surface area (Å²) >= 11 is 0. The van der Waals surface area contributed by atoms with Gasteiger partial charge in [0, 0.05) is 54.3 Å². The number of hydrogen-bond acceptors (Lipinski definition) is 8. The van der Waals surface area contributed by atoms with Crippen LogP contribution in [0.15, 0.2) is 55.0 Å². The molecule has 4 heterocycles. The predicted molar refractivity (Wildman–Crippen MR) is 145 cm³/mol. The van der Waals surface area contributed by atoms with Crippen molar-refractivity contribution in [3.05, 3.63) is 71.9 Å². The van der Waals surface area contributed by atoms with Gasteiger partial charge >= 0.3 is 12.6 Å². The number of halogens is 2. The highest BCUT2D eigenvalue weighted by Crippen LogP contribution is 2.47. The Hall–Kier alpha value is -4.12. The van der Waals surface area contributed by atoms with Crippen molar-refractivity contribution in [3.8, 4) is 16.9 Å². The van der Waals surface area contributed by atoms with Crippen molar-refractivity contribution in [3.63, 3.8) is 0 Å². The molecule has 0 radical (unpaired) electrons. The van der Waals surface area contributed by atoms with Crippen LogP contribution in [0.5, 0.6) is 5.75 Å². The summed E-state index contributed by atoms with van der Waals surface area (Å²) in [7, 11) is 1.45. The topological polar surface area (TPSA) is 102 Å². The molecule has 7 rings (SSSR count). The van der Waals surface area contributed by atoms with Crippen molar-refractivity contribution in [1.82, 2.24) is 19.4 Å². The van der Waals surface area contributed by atoms with E-state index in [4.69, 9.17) is 9.47 Å². The number of esters is 1. The number of carbonyl (C=O) groups excluding carboxylic acids is 1.